The molecule has 26 heavy (non-hydrogen) atoms. The van der Waals surface area contributed by atoms with Gasteiger partial charge in [0.2, 0.25) is 0 Å². The van der Waals surface area contributed by atoms with Crippen molar-refractivity contribution in [1.29, 1.82) is 0 Å². The summed E-state index contributed by atoms with van der Waals surface area (Å²) in [6.45, 7) is 5.53. The molecule has 0 atom stereocenters. The van der Waals surface area contributed by atoms with Crippen LogP contribution < -0.4 is 0 Å². The summed E-state index contributed by atoms with van der Waals surface area (Å²) in [5.74, 6) is 1.24. The number of hydrogen-bond donors (Lipinski definition) is 1. The summed E-state index contributed by atoms with van der Waals surface area (Å²) in [7, 11) is 0. The van der Waals surface area contributed by atoms with E-state index in [1.807, 2.05) is 12.1 Å². The van der Waals surface area contributed by atoms with Gasteiger partial charge in [-0.1, -0.05) is 6.92 Å². The van der Waals surface area contributed by atoms with Crippen molar-refractivity contribution < 1.29 is 4.39 Å². The van der Waals surface area contributed by atoms with E-state index < -0.39 is 0 Å². The molecule has 0 spiro atoms. The Bertz CT molecular complexity index is 849. The average Bonchev–Trinajstić information content (AvgIpc) is 3.15. The van der Waals surface area contributed by atoms with Crippen LogP contribution >= 0.6 is 0 Å². The van der Waals surface area contributed by atoms with Gasteiger partial charge in [0.1, 0.15) is 11.6 Å². The summed E-state index contributed by atoms with van der Waals surface area (Å²) in [6.07, 6.45) is 5.79. The predicted octanol–water partition coefficient (Wildman–Crippen LogP) is 4.48. The number of benzene rings is 1. The number of H-pyrrole nitrogens is 1. The molecule has 1 fully saturated rings. The molecule has 3 heterocycles. The zero-order valence-corrected chi connectivity index (χ0v) is 15.0. The Balaban J connectivity index is 1.72. The summed E-state index contributed by atoms with van der Waals surface area (Å²) < 4.78 is 13.4. The lowest BCUT2D eigenvalue weighted by Crippen LogP contribution is -2.32. The Hall–Kier alpha value is -2.53. The van der Waals surface area contributed by atoms with Gasteiger partial charge in [-0.25, -0.2) is 9.37 Å². The van der Waals surface area contributed by atoms with E-state index in [0.29, 0.717) is 5.92 Å². The van der Waals surface area contributed by atoms with Crippen molar-refractivity contribution in [1.82, 2.24) is 19.9 Å². The molecule has 0 saturated carbocycles. The van der Waals surface area contributed by atoms with E-state index in [2.05, 4.69) is 21.8 Å². The van der Waals surface area contributed by atoms with E-state index in [4.69, 9.17) is 4.98 Å². The molecule has 4 rings (SSSR count). The second-order valence-electron chi connectivity index (χ2n) is 6.80. The fourth-order valence-electron chi connectivity index (χ4n) is 3.65. The number of piperidine rings is 1. The van der Waals surface area contributed by atoms with Gasteiger partial charge in [-0.15, -0.1) is 0 Å². The quantitative estimate of drug-likeness (QED) is 0.755. The molecule has 0 radical (unpaired) electrons. The van der Waals surface area contributed by atoms with Crippen LogP contribution in [0.4, 0.5) is 4.39 Å². The second-order valence-corrected chi connectivity index (χ2v) is 6.80. The van der Waals surface area contributed by atoms with Crippen molar-refractivity contribution in [3.8, 4) is 22.5 Å². The largest absolute Gasteiger partial charge is 0.341 e. The van der Waals surface area contributed by atoms with Crippen molar-refractivity contribution in [2.75, 3.05) is 19.6 Å². The number of pyridine rings is 1. The fourth-order valence-corrected chi connectivity index (χ4v) is 3.65. The molecule has 1 N–H and O–H groups in total. The molecule has 0 aliphatic carbocycles. The molecule has 1 aliphatic heterocycles. The molecule has 1 aliphatic rings. The van der Waals surface area contributed by atoms with E-state index in [-0.39, 0.29) is 5.82 Å². The van der Waals surface area contributed by atoms with Crippen molar-refractivity contribution in [2.24, 2.45) is 0 Å². The lowest BCUT2D eigenvalue weighted by Gasteiger charge is -2.29. The van der Waals surface area contributed by atoms with Crippen LogP contribution in [-0.4, -0.2) is 39.5 Å². The average molecular weight is 350 g/mol. The Morgan fingerprint density at radius 1 is 1.04 bits per heavy atom. The lowest BCUT2D eigenvalue weighted by atomic mass is 9.96. The molecule has 0 amide bonds. The third-order valence-corrected chi connectivity index (χ3v) is 5.23. The summed E-state index contributed by atoms with van der Waals surface area (Å²) in [4.78, 5) is 15.1. The zero-order valence-electron chi connectivity index (χ0n) is 15.0. The van der Waals surface area contributed by atoms with Crippen LogP contribution in [0.25, 0.3) is 22.5 Å². The second kappa shape index (κ2) is 7.38. The SMILES string of the molecule is CCN1CCC(c2nc(-c3ccc(F)cc3)c(-c3ccncc3)[nH]2)CC1. The maximum absolute atomic E-state index is 13.4. The van der Waals surface area contributed by atoms with Gasteiger partial charge in [-0.3, -0.25) is 4.98 Å². The number of nitrogens with one attached hydrogen (secondary N) is 1. The van der Waals surface area contributed by atoms with Crippen LogP contribution in [-0.2, 0) is 0 Å². The van der Waals surface area contributed by atoms with E-state index in [1.165, 1.54) is 12.1 Å². The Labute approximate surface area is 153 Å². The minimum absolute atomic E-state index is 0.234. The number of likely N-dealkylation sites (tertiary alicyclic amines) is 1. The topological polar surface area (TPSA) is 44.8 Å². The molecular formula is C21H23FN4. The molecule has 1 saturated heterocycles. The van der Waals surface area contributed by atoms with E-state index in [0.717, 1.165) is 60.8 Å². The fraction of sp³-hybridized carbons (Fsp3) is 0.333. The third-order valence-electron chi connectivity index (χ3n) is 5.23. The number of halogens is 1. The van der Waals surface area contributed by atoms with E-state index >= 15 is 0 Å². The molecule has 0 bridgehead atoms. The van der Waals surface area contributed by atoms with Gasteiger partial charge >= 0.3 is 0 Å². The molecule has 0 unspecified atom stereocenters. The van der Waals surface area contributed by atoms with Crippen LogP contribution in [0.5, 0.6) is 0 Å². The molecule has 3 aromatic rings. The molecule has 4 nitrogen and oxygen atoms in total. The minimum atomic E-state index is -0.234. The molecule has 1 aromatic carbocycles. The van der Waals surface area contributed by atoms with Crippen molar-refractivity contribution in [3.63, 3.8) is 0 Å². The summed E-state index contributed by atoms with van der Waals surface area (Å²) >= 11 is 0. The monoisotopic (exact) mass is 350 g/mol. The van der Waals surface area contributed by atoms with Gasteiger partial charge in [0, 0.05) is 29.4 Å². The number of aromatic nitrogens is 3. The first-order valence-corrected chi connectivity index (χ1v) is 9.23. The zero-order chi connectivity index (χ0) is 17.9. The van der Waals surface area contributed by atoms with Crippen LogP contribution in [0.2, 0.25) is 0 Å². The van der Waals surface area contributed by atoms with Crippen molar-refractivity contribution in [2.45, 2.75) is 25.7 Å². The molecule has 2 aromatic heterocycles. The highest BCUT2D eigenvalue weighted by molar-refractivity contribution is 5.78. The number of hydrogen-bond acceptors (Lipinski definition) is 3. The highest BCUT2D eigenvalue weighted by Gasteiger charge is 2.24. The maximum Gasteiger partial charge on any atom is 0.123 e. The van der Waals surface area contributed by atoms with E-state index in [1.54, 1.807) is 24.5 Å². The van der Waals surface area contributed by atoms with Gasteiger partial charge in [0.05, 0.1) is 11.4 Å². The number of nitrogens with zero attached hydrogens (tertiary/aromatic N) is 3. The first-order valence-electron chi connectivity index (χ1n) is 9.23. The normalized spacial score (nSPS) is 16.1. The first-order chi connectivity index (χ1) is 12.7. The van der Waals surface area contributed by atoms with E-state index in [9.17, 15) is 4.39 Å². The Morgan fingerprint density at radius 2 is 1.73 bits per heavy atom. The Morgan fingerprint density at radius 3 is 2.38 bits per heavy atom. The number of aromatic amines is 1. The Kier molecular flexibility index (Phi) is 4.80. The van der Waals surface area contributed by atoms with Crippen molar-refractivity contribution in [3.05, 3.63) is 60.4 Å². The first kappa shape index (κ1) is 16.9. The van der Waals surface area contributed by atoms with Gasteiger partial charge in [0.15, 0.2) is 0 Å². The van der Waals surface area contributed by atoms with Crippen LogP contribution in [0.15, 0.2) is 48.8 Å². The standard InChI is InChI=1S/C21H23FN4/c1-2-26-13-9-17(10-14-26)21-24-19(15-3-5-18(22)6-4-15)20(25-21)16-7-11-23-12-8-16/h3-8,11-12,17H,2,9-10,13-14H2,1H3,(H,24,25). The van der Waals surface area contributed by atoms with Gasteiger partial charge in [-0.2, -0.15) is 0 Å². The number of rotatable bonds is 4. The summed E-state index contributed by atoms with van der Waals surface area (Å²) in [6, 6.07) is 10.5. The van der Waals surface area contributed by atoms with Crippen molar-refractivity contribution >= 4 is 0 Å². The maximum atomic E-state index is 13.4. The summed E-state index contributed by atoms with van der Waals surface area (Å²) in [5.41, 5.74) is 3.83. The summed E-state index contributed by atoms with van der Waals surface area (Å²) in [5, 5.41) is 0. The lowest BCUT2D eigenvalue weighted by molar-refractivity contribution is 0.219. The van der Waals surface area contributed by atoms with Crippen LogP contribution in [0.1, 0.15) is 31.5 Å². The third kappa shape index (κ3) is 3.40. The molecule has 5 heteroatoms. The van der Waals surface area contributed by atoms with Crippen LogP contribution in [0, 0.1) is 5.82 Å². The smallest absolute Gasteiger partial charge is 0.123 e. The van der Waals surface area contributed by atoms with Gasteiger partial charge < -0.3 is 9.88 Å². The van der Waals surface area contributed by atoms with Crippen LogP contribution in [0.3, 0.4) is 0 Å². The predicted molar refractivity (Wildman–Crippen MR) is 101 cm³/mol. The minimum Gasteiger partial charge on any atom is -0.341 e. The highest BCUT2D eigenvalue weighted by Crippen LogP contribution is 2.34. The highest BCUT2D eigenvalue weighted by atomic mass is 19.1. The molecular weight excluding hydrogens is 327 g/mol. The molecule has 134 valence electrons. The van der Waals surface area contributed by atoms with Gasteiger partial charge in [-0.05, 0) is 68.9 Å². The van der Waals surface area contributed by atoms with Gasteiger partial charge in [0.25, 0.3) is 0 Å². The number of imidazole rings is 1.